The first-order valence-corrected chi connectivity index (χ1v) is 9.62. The van der Waals surface area contributed by atoms with Gasteiger partial charge in [0.1, 0.15) is 0 Å². The fourth-order valence-corrected chi connectivity index (χ4v) is 3.55. The second-order valence-electron chi connectivity index (χ2n) is 7.63. The van der Waals surface area contributed by atoms with Gasteiger partial charge in [-0.3, -0.25) is 4.79 Å². The van der Waals surface area contributed by atoms with Crippen LogP contribution in [0.5, 0.6) is 0 Å². The van der Waals surface area contributed by atoms with Crippen LogP contribution in [0, 0.1) is 11.8 Å². The topological polar surface area (TPSA) is 78.7 Å². The van der Waals surface area contributed by atoms with Crippen LogP contribution >= 0.6 is 12.4 Å². The van der Waals surface area contributed by atoms with Crippen LogP contribution in [0.2, 0.25) is 0 Å². The molecular formula is C20H31ClN4O2. The normalized spacial score (nSPS) is 18.4. The Labute approximate surface area is 167 Å². The van der Waals surface area contributed by atoms with Gasteiger partial charge in [-0.25, -0.2) is 4.79 Å². The molecule has 3 amide bonds. The summed E-state index contributed by atoms with van der Waals surface area (Å²) in [6.07, 6.45) is 3.81. The number of amides is 3. The van der Waals surface area contributed by atoms with E-state index in [0.717, 1.165) is 18.4 Å². The van der Waals surface area contributed by atoms with Crippen molar-refractivity contribution in [2.45, 2.75) is 38.3 Å². The van der Waals surface area contributed by atoms with Gasteiger partial charge in [-0.15, -0.1) is 12.4 Å². The number of urea groups is 1. The number of benzene rings is 1. The van der Waals surface area contributed by atoms with Crippen molar-refractivity contribution in [3.63, 3.8) is 0 Å². The Bertz CT molecular complexity index is 616. The van der Waals surface area contributed by atoms with Gasteiger partial charge in [0.15, 0.2) is 0 Å². The van der Waals surface area contributed by atoms with Crippen molar-refractivity contribution in [3.05, 3.63) is 35.9 Å². The van der Waals surface area contributed by atoms with Crippen LogP contribution in [0.4, 0.5) is 4.79 Å². The Morgan fingerprint density at radius 3 is 2.41 bits per heavy atom. The summed E-state index contributed by atoms with van der Waals surface area (Å²) in [6.45, 7) is 2.43. The lowest BCUT2D eigenvalue weighted by Crippen LogP contribution is -2.48. The predicted octanol–water partition coefficient (Wildman–Crippen LogP) is 2.23. The van der Waals surface area contributed by atoms with Crippen LogP contribution in [0.25, 0.3) is 0 Å². The van der Waals surface area contributed by atoms with E-state index < -0.39 is 0 Å². The van der Waals surface area contributed by atoms with Crippen molar-refractivity contribution < 1.29 is 9.59 Å². The van der Waals surface area contributed by atoms with Crippen molar-refractivity contribution in [1.82, 2.24) is 15.1 Å². The zero-order valence-corrected chi connectivity index (χ0v) is 16.8. The van der Waals surface area contributed by atoms with Gasteiger partial charge in [0, 0.05) is 45.2 Å². The zero-order valence-electron chi connectivity index (χ0n) is 16.0. The van der Waals surface area contributed by atoms with Crippen LogP contribution in [0.1, 0.15) is 31.2 Å². The minimum Gasteiger partial charge on any atom is -0.354 e. The van der Waals surface area contributed by atoms with Crippen molar-refractivity contribution in [2.24, 2.45) is 17.6 Å². The van der Waals surface area contributed by atoms with Crippen molar-refractivity contribution in [1.29, 1.82) is 0 Å². The summed E-state index contributed by atoms with van der Waals surface area (Å²) in [5.74, 6) is 0.672. The maximum atomic E-state index is 12.6. The van der Waals surface area contributed by atoms with Crippen LogP contribution in [-0.4, -0.2) is 54.5 Å². The predicted molar refractivity (Wildman–Crippen MR) is 109 cm³/mol. The molecule has 1 heterocycles. The second-order valence-corrected chi connectivity index (χ2v) is 7.63. The first kappa shape index (κ1) is 21.5. The van der Waals surface area contributed by atoms with E-state index >= 15 is 0 Å². The van der Waals surface area contributed by atoms with Gasteiger partial charge in [0.05, 0.1) is 0 Å². The van der Waals surface area contributed by atoms with Crippen LogP contribution < -0.4 is 11.1 Å². The highest BCUT2D eigenvalue weighted by Gasteiger charge is 2.31. The molecule has 1 aromatic carbocycles. The molecule has 2 fully saturated rings. The SMILES string of the molecule is CN(Cc1ccccc1)C(=O)N1CCC(C(=O)NCC(N)C2CC2)CC1.Cl. The van der Waals surface area contributed by atoms with E-state index in [2.05, 4.69) is 5.32 Å². The lowest BCUT2D eigenvalue weighted by atomic mass is 9.96. The average molecular weight is 395 g/mol. The van der Waals surface area contributed by atoms with E-state index in [1.165, 1.54) is 12.8 Å². The van der Waals surface area contributed by atoms with Gasteiger partial charge >= 0.3 is 6.03 Å². The Balaban J connectivity index is 0.00000261. The summed E-state index contributed by atoms with van der Waals surface area (Å²) in [5.41, 5.74) is 7.16. The van der Waals surface area contributed by atoms with Gasteiger partial charge in [-0.2, -0.15) is 0 Å². The molecule has 1 saturated carbocycles. The van der Waals surface area contributed by atoms with Crippen molar-refractivity contribution in [2.75, 3.05) is 26.7 Å². The fraction of sp³-hybridized carbons (Fsp3) is 0.600. The lowest BCUT2D eigenvalue weighted by Gasteiger charge is -2.34. The Morgan fingerprint density at radius 2 is 1.81 bits per heavy atom. The van der Waals surface area contributed by atoms with E-state index in [9.17, 15) is 9.59 Å². The molecular weight excluding hydrogens is 364 g/mol. The van der Waals surface area contributed by atoms with E-state index in [4.69, 9.17) is 5.73 Å². The molecule has 1 aromatic rings. The third-order valence-electron chi connectivity index (χ3n) is 5.46. The average Bonchev–Trinajstić information content (AvgIpc) is 3.51. The summed E-state index contributed by atoms with van der Waals surface area (Å²) in [4.78, 5) is 28.5. The molecule has 6 nitrogen and oxygen atoms in total. The lowest BCUT2D eigenvalue weighted by molar-refractivity contribution is -0.126. The van der Waals surface area contributed by atoms with E-state index in [1.807, 2.05) is 42.3 Å². The molecule has 1 saturated heterocycles. The molecule has 0 radical (unpaired) electrons. The number of hydrogen-bond acceptors (Lipinski definition) is 3. The highest BCUT2D eigenvalue weighted by Crippen LogP contribution is 2.31. The number of hydrogen-bond donors (Lipinski definition) is 2. The molecule has 3 rings (SSSR count). The van der Waals surface area contributed by atoms with Crippen LogP contribution in [0.15, 0.2) is 30.3 Å². The standard InChI is InChI=1S/C20H30N4O2.ClH/c1-23(14-15-5-3-2-4-6-15)20(26)24-11-9-17(10-12-24)19(25)22-13-18(21)16-7-8-16;/h2-6,16-18H,7-14,21H2,1H3,(H,22,25);1H. The number of halogens is 1. The van der Waals surface area contributed by atoms with Gasteiger partial charge in [-0.1, -0.05) is 30.3 Å². The van der Waals surface area contributed by atoms with E-state index in [-0.39, 0.29) is 36.3 Å². The molecule has 1 aliphatic heterocycles. The molecule has 2 aliphatic rings. The monoisotopic (exact) mass is 394 g/mol. The Morgan fingerprint density at radius 1 is 1.19 bits per heavy atom. The number of nitrogens with two attached hydrogens (primary N) is 1. The number of carbonyl (C=O) groups excluding carboxylic acids is 2. The van der Waals surface area contributed by atoms with E-state index in [1.54, 1.807) is 4.90 Å². The van der Waals surface area contributed by atoms with Crippen LogP contribution in [0.3, 0.4) is 0 Å². The number of carbonyl (C=O) groups is 2. The van der Waals surface area contributed by atoms with Gasteiger partial charge in [0.2, 0.25) is 5.91 Å². The van der Waals surface area contributed by atoms with Gasteiger partial charge in [-0.05, 0) is 37.2 Å². The molecule has 150 valence electrons. The third-order valence-corrected chi connectivity index (χ3v) is 5.46. The summed E-state index contributed by atoms with van der Waals surface area (Å²) in [7, 11) is 1.83. The fourth-order valence-electron chi connectivity index (χ4n) is 3.55. The first-order chi connectivity index (χ1) is 12.5. The van der Waals surface area contributed by atoms with Gasteiger partial charge < -0.3 is 20.9 Å². The number of nitrogens with zero attached hydrogens (tertiary/aromatic N) is 2. The quantitative estimate of drug-likeness (QED) is 0.776. The summed E-state index contributed by atoms with van der Waals surface area (Å²) < 4.78 is 0. The highest BCUT2D eigenvalue weighted by molar-refractivity contribution is 5.85. The summed E-state index contributed by atoms with van der Waals surface area (Å²) >= 11 is 0. The third kappa shape index (κ3) is 6.11. The molecule has 1 unspecified atom stereocenters. The van der Waals surface area contributed by atoms with Gasteiger partial charge in [0.25, 0.3) is 0 Å². The molecule has 7 heteroatoms. The molecule has 3 N–H and O–H groups in total. The first-order valence-electron chi connectivity index (χ1n) is 9.62. The summed E-state index contributed by atoms with van der Waals surface area (Å²) in [6, 6.07) is 10.1. The maximum absolute atomic E-state index is 12.6. The smallest absolute Gasteiger partial charge is 0.320 e. The Hall–Kier alpha value is -1.79. The maximum Gasteiger partial charge on any atom is 0.320 e. The molecule has 1 atom stereocenters. The minimum absolute atomic E-state index is 0. The largest absolute Gasteiger partial charge is 0.354 e. The number of nitrogens with one attached hydrogen (secondary N) is 1. The molecule has 0 aromatic heterocycles. The molecule has 27 heavy (non-hydrogen) atoms. The zero-order chi connectivity index (χ0) is 18.5. The Kier molecular flexibility index (Phi) is 7.92. The number of rotatable bonds is 6. The number of piperidine rings is 1. The second kappa shape index (κ2) is 9.95. The minimum atomic E-state index is -0.00937. The van der Waals surface area contributed by atoms with Crippen molar-refractivity contribution in [3.8, 4) is 0 Å². The summed E-state index contributed by atoms with van der Waals surface area (Å²) in [5, 5.41) is 3.00. The molecule has 1 aliphatic carbocycles. The molecule has 0 bridgehead atoms. The number of likely N-dealkylation sites (tertiary alicyclic amines) is 1. The highest BCUT2D eigenvalue weighted by atomic mass is 35.5. The molecule has 0 spiro atoms. The van der Waals surface area contributed by atoms with Crippen LogP contribution in [-0.2, 0) is 11.3 Å². The van der Waals surface area contributed by atoms with E-state index in [0.29, 0.717) is 32.1 Å². The van der Waals surface area contributed by atoms with Crippen molar-refractivity contribution >= 4 is 24.3 Å².